The van der Waals surface area contributed by atoms with E-state index in [0.717, 1.165) is 16.0 Å². The summed E-state index contributed by atoms with van der Waals surface area (Å²) in [6, 6.07) is 3.72. The third-order valence-corrected chi connectivity index (χ3v) is 3.87. The number of hydrogen-bond acceptors (Lipinski definition) is 5. The molecular weight excluding hydrogens is 352 g/mol. The van der Waals surface area contributed by atoms with Gasteiger partial charge in [-0.1, -0.05) is 31.5 Å². The highest BCUT2D eigenvalue weighted by Gasteiger charge is 2.45. The molecule has 144 valence electrons. The second kappa shape index (κ2) is 7.98. The molecule has 1 fully saturated rings. The van der Waals surface area contributed by atoms with Gasteiger partial charge in [-0.05, 0) is 31.4 Å². The lowest BCUT2D eigenvalue weighted by Gasteiger charge is -2.16. The zero-order valence-corrected chi connectivity index (χ0v) is 15.7. The predicted molar refractivity (Wildman–Crippen MR) is 96.7 cm³/mol. The minimum Gasteiger partial charge on any atom is -0.307 e. The van der Waals surface area contributed by atoms with Gasteiger partial charge < -0.3 is 5.32 Å². The Morgan fingerprint density at radius 1 is 1.04 bits per heavy atom. The Hall–Kier alpha value is -3.23. The fraction of sp³-hybridized carbons (Fsp3) is 0.389. The van der Waals surface area contributed by atoms with Crippen LogP contribution in [0.3, 0.4) is 0 Å². The van der Waals surface area contributed by atoms with Crippen LogP contribution in [0, 0.1) is 19.8 Å². The Balaban J connectivity index is 1.96. The quantitative estimate of drug-likeness (QED) is 0.597. The molecule has 0 saturated carbocycles. The van der Waals surface area contributed by atoms with Crippen molar-refractivity contribution in [3.63, 3.8) is 0 Å². The molecule has 9 nitrogen and oxygen atoms in total. The van der Waals surface area contributed by atoms with E-state index in [4.69, 9.17) is 0 Å². The molecule has 1 aromatic rings. The van der Waals surface area contributed by atoms with Crippen LogP contribution in [0.25, 0.3) is 0 Å². The average Bonchev–Trinajstić information content (AvgIpc) is 2.75. The molecular formula is C18H22N4O5. The number of urea groups is 2. The molecule has 0 spiro atoms. The van der Waals surface area contributed by atoms with Crippen LogP contribution in [-0.2, 0) is 14.4 Å². The minimum atomic E-state index is -1.08. The average molecular weight is 374 g/mol. The van der Waals surface area contributed by atoms with Crippen molar-refractivity contribution in [3.8, 4) is 0 Å². The molecule has 2 rings (SSSR count). The third-order valence-electron chi connectivity index (χ3n) is 3.87. The number of hydrogen-bond donors (Lipinski definition) is 2. The molecule has 0 bridgehead atoms. The molecule has 0 aliphatic carbocycles. The van der Waals surface area contributed by atoms with Crippen LogP contribution in [0.5, 0.6) is 0 Å². The Kier molecular flexibility index (Phi) is 5.94. The van der Waals surface area contributed by atoms with Crippen LogP contribution >= 0.6 is 0 Å². The Morgan fingerprint density at radius 3 is 2.26 bits per heavy atom. The number of nitrogens with zero attached hydrogens (tertiary/aromatic N) is 2. The first-order chi connectivity index (χ1) is 12.6. The lowest BCUT2D eigenvalue weighted by atomic mass is 10.1. The van der Waals surface area contributed by atoms with Gasteiger partial charge in [-0.25, -0.2) is 14.5 Å². The molecule has 0 atom stereocenters. The van der Waals surface area contributed by atoms with Crippen LogP contribution in [0.15, 0.2) is 18.2 Å². The van der Waals surface area contributed by atoms with Gasteiger partial charge in [0.2, 0.25) is 5.91 Å². The van der Waals surface area contributed by atoms with Gasteiger partial charge in [-0.3, -0.25) is 24.6 Å². The lowest BCUT2D eigenvalue weighted by Crippen LogP contribution is -2.44. The van der Waals surface area contributed by atoms with Crippen molar-refractivity contribution in [3.05, 3.63) is 29.3 Å². The van der Waals surface area contributed by atoms with E-state index in [1.54, 1.807) is 32.9 Å². The van der Waals surface area contributed by atoms with Gasteiger partial charge in [0.05, 0.1) is 0 Å². The van der Waals surface area contributed by atoms with Crippen LogP contribution in [-0.4, -0.2) is 52.7 Å². The number of rotatable bonds is 5. The second-order valence-electron chi connectivity index (χ2n) is 6.80. The van der Waals surface area contributed by atoms with E-state index in [1.807, 2.05) is 18.3 Å². The zero-order chi connectivity index (χ0) is 20.3. The maximum absolute atomic E-state index is 12.2. The smallest absolute Gasteiger partial charge is 0.307 e. The highest BCUT2D eigenvalue weighted by Crippen LogP contribution is 2.16. The number of imide groups is 3. The normalized spacial score (nSPS) is 14.2. The van der Waals surface area contributed by atoms with Gasteiger partial charge in [0.25, 0.3) is 0 Å². The number of aryl methyl sites for hydroxylation is 2. The summed E-state index contributed by atoms with van der Waals surface area (Å²) < 4.78 is 0. The van der Waals surface area contributed by atoms with Gasteiger partial charge in [0.15, 0.2) is 0 Å². The Morgan fingerprint density at radius 2 is 1.67 bits per heavy atom. The van der Waals surface area contributed by atoms with E-state index in [9.17, 15) is 24.0 Å². The van der Waals surface area contributed by atoms with E-state index < -0.39 is 36.3 Å². The monoisotopic (exact) mass is 374 g/mol. The lowest BCUT2D eigenvalue weighted by molar-refractivity contribution is -0.144. The molecule has 1 aliphatic heterocycles. The van der Waals surface area contributed by atoms with Crippen molar-refractivity contribution in [2.24, 2.45) is 5.92 Å². The largest absolute Gasteiger partial charge is 0.334 e. The third kappa shape index (κ3) is 4.69. The van der Waals surface area contributed by atoms with Crippen LogP contribution in [0.4, 0.5) is 15.3 Å². The van der Waals surface area contributed by atoms with Gasteiger partial charge in [0.1, 0.15) is 6.54 Å². The van der Waals surface area contributed by atoms with E-state index in [1.165, 1.54) is 0 Å². The fourth-order valence-electron chi connectivity index (χ4n) is 2.63. The first kappa shape index (κ1) is 20.1. The number of carbonyl (C=O) groups is 5. The van der Waals surface area contributed by atoms with Gasteiger partial charge >= 0.3 is 23.9 Å². The van der Waals surface area contributed by atoms with Crippen molar-refractivity contribution in [1.82, 2.24) is 15.1 Å². The first-order valence-electron chi connectivity index (χ1n) is 8.45. The molecule has 1 aliphatic rings. The molecule has 0 aromatic heterocycles. The van der Waals surface area contributed by atoms with Crippen LogP contribution in [0.2, 0.25) is 0 Å². The number of nitrogens with one attached hydrogen (secondary N) is 2. The van der Waals surface area contributed by atoms with Gasteiger partial charge in [-0.15, -0.1) is 0 Å². The molecule has 1 heterocycles. The summed E-state index contributed by atoms with van der Waals surface area (Å²) in [4.78, 5) is 61.3. The summed E-state index contributed by atoms with van der Waals surface area (Å²) in [6.45, 7) is 6.66. The topological polar surface area (TPSA) is 116 Å². The first-order valence-corrected chi connectivity index (χ1v) is 8.45. The highest BCUT2D eigenvalue weighted by molar-refractivity contribution is 6.45. The molecule has 27 heavy (non-hydrogen) atoms. The molecule has 1 aromatic carbocycles. The molecule has 9 heteroatoms. The fourth-order valence-corrected chi connectivity index (χ4v) is 2.63. The number of benzene rings is 1. The van der Waals surface area contributed by atoms with E-state index >= 15 is 0 Å². The SMILES string of the molecule is Cc1ccc(NC(=O)NC(=O)CN2C(=O)C(=O)N(CC(C)C)C2=O)c(C)c1. The second-order valence-corrected chi connectivity index (χ2v) is 6.80. The number of carbonyl (C=O) groups excluding carboxylic acids is 5. The Labute approximate surface area is 156 Å². The summed E-state index contributed by atoms with van der Waals surface area (Å²) in [5, 5.41) is 4.57. The number of amides is 7. The highest BCUT2D eigenvalue weighted by atomic mass is 16.2. The molecule has 0 radical (unpaired) electrons. The van der Waals surface area contributed by atoms with Crippen molar-refractivity contribution in [1.29, 1.82) is 0 Å². The predicted octanol–water partition coefficient (Wildman–Crippen LogP) is 1.40. The van der Waals surface area contributed by atoms with E-state index in [2.05, 4.69) is 5.32 Å². The molecule has 1 saturated heterocycles. The maximum Gasteiger partial charge on any atom is 0.334 e. The summed E-state index contributed by atoms with van der Waals surface area (Å²) in [5.74, 6) is -2.95. The summed E-state index contributed by atoms with van der Waals surface area (Å²) in [7, 11) is 0. The van der Waals surface area contributed by atoms with E-state index in [0.29, 0.717) is 10.6 Å². The summed E-state index contributed by atoms with van der Waals surface area (Å²) >= 11 is 0. The van der Waals surface area contributed by atoms with Crippen LogP contribution < -0.4 is 10.6 Å². The summed E-state index contributed by atoms with van der Waals surface area (Å²) in [5.41, 5.74) is 2.37. The van der Waals surface area contributed by atoms with Crippen molar-refractivity contribution in [2.75, 3.05) is 18.4 Å². The van der Waals surface area contributed by atoms with Gasteiger partial charge in [-0.2, -0.15) is 0 Å². The standard InChI is InChI=1S/C18H22N4O5/c1-10(2)8-21-15(24)16(25)22(18(21)27)9-14(23)20-17(26)19-13-6-5-11(3)7-12(13)4/h5-7,10H,8-9H2,1-4H3,(H2,19,20,23,26). The molecule has 7 amide bonds. The number of anilines is 1. The van der Waals surface area contributed by atoms with Crippen molar-refractivity contribution < 1.29 is 24.0 Å². The zero-order valence-electron chi connectivity index (χ0n) is 15.7. The van der Waals surface area contributed by atoms with Gasteiger partial charge in [0, 0.05) is 12.2 Å². The molecule has 0 unspecified atom stereocenters. The summed E-state index contributed by atoms with van der Waals surface area (Å²) in [6.07, 6.45) is 0. The minimum absolute atomic E-state index is 0.0250. The molecule has 2 N–H and O–H groups in total. The van der Waals surface area contributed by atoms with E-state index in [-0.39, 0.29) is 12.5 Å². The maximum atomic E-state index is 12.2. The van der Waals surface area contributed by atoms with Crippen LogP contribution in [0.1, 0.15) is 25.0 Å². The van der Waals surface area contributed by atoms with Crippen molar-refractivity contribution >= 4 is 35.5 Å². The van der Waals surface area contributed by atoms with Crippen molar-refractivity contribution in [2.45, 2.75) is 27.7 Å². The Bertz CT molecular complexity index is 818.